The summed E-state index contributed by atoms with van der Waals surface area (Å²) in [5.41, 5.74) is -1.68. The van der Waals surface area contributed by atoms with Crippen molar-refractivity contribution in [2.45, 2.75) is 32.2 Å². The summed E-state index contributed by atoms with van der Waals surface area (Å²) < 4.78 is 4.77. The van der Waals surface area contributed by atoms with Gasteiger partial charge in [0.1, 0.15) is 5.54 Å². The lowest BCUT2D eigenvalue weighted by molar-refractivity contribution is -0.151. The number of imide groups is 1. The highest BCUT2D eigenvalue weighted by molar-refractivity contribution is 6.08. The van der Waals surface area contributed by atoms with Gasteiger partial charge < -0.3 is 10.1 Å². The van der Waals surface area contributed by atoms with Gasteiger partial charge in [-0.3, -0.25) is 14.9 Å². The number of hydrogen-bond acceptors (Lipinski definition) is 4. The Morgan fingerprint density at radius 3 is 2.59 bits per heavy atom. The summed E-state index contributed by atoms with van der Waals surface area (Å²) in [6, 6.07) is -0.490. The summed E-state index contributed by atoms with van der Waals surface area (Å²) in [5.74, 6) is -0.782. The molecule has 3 amide bonds. The van der Waals surface area contributed by atoms with Crippen LogP contribution in [0.3, 0.4) is 0 Å². The molecule has 0 aromatic carbocycles. The first kappa shape index (κ1) is 11.9. The zero-order valence-electron chi connectivity index (χ0n) is 10.1. The van der Waals surface area contributed by atoms with E-state index in [1.54, 1.807) is 6.92 Å². The monoisotopic (exact) mass is 240 g/mol. The lowest BCUT2D eigenvalue weighted by Crippen LogP contribution is -2.49. The molecule has 17 heavy (non-hydrogen) atoms. The zero-order valence-corrected chi connectivity index (χ0v) is 10.1. The van der Waals surface area contributed by atoms with Crippen LogP contribution in [0, 0.1) is 11.3 Å². The molecule has 6 nitrogen and oxygen atoms in total. The van der Waals surface area contributed by atoms with Gasteiger partial charge in [0.15, 0.2) is 0 Å². The fraction of sp³-hybridized carbons (Fsp3) is 0.727. The molecule has 0 aromatic heterocycles. The summed E-state index contributed by atoms with van der Waals surface area (Å²) in [5, 5.41) is 4.89. The number of ether oxygens (including phenoxy) is 1. The molecule has 94 valence electrons. The third-order valence-corrected chi connectivity index (χ3v) is 3.91. The van der Waals surface area contributed by atoms with E-state index in [9.17, 15) is 14.4 Å². The highest BCUT2D eigenvalue weighted by Gasteiger charge is 2.61. The van der Waals surface area contributed by atoms with Crippen LogP contribution in [0.15, 0.2) is 0 Å². The van der Waals surface area contributed by atoms with Crippen LogP contribution < -0.4 is 10.6 Å². The number of nitrogens with one attached hydrogen (secondary N) is 2. The van der Waals surface area contributed by atoms with Gasteiger partial charge in [0, 0.05) is 0 Å². The summed E-state index contributed by atoms with van der Waals surface area (Å²) in [6.45, 7) is 3.63. The molecule has 2 rings (SSSR count). The SMILES string of the molecule is COC(=O)[C@]1(C)C[C@H](C)[C@]2(C1)NC(=O)NC2=O. The van der Waals surface area contributed by atoms with Crippen molar-refractivity contribution in [2.24, 2.45) is 11.3 Å². The molecule has 2 N–H and O–H groups in total. The van der Waals surface area contributed by atoms with E-state index in [1.807, 2.05) is 6.92 Å². The fourth-order valence-corrected chi connectivity index (χ4v) is 3.09. The van der Waals surface area contributed by atoms with Gasteiger partial charge in [-0.1, -0.05) is 6.92 Å². The predicted octanol–water partition coefficient (Wildman–Crippen LogP) is 0.174. The Kier molecular flexibility index (Phi) is 2.41. The van der Waals surface area contributed by atoms with Crippen molar-refractivity contribution >= 4 is 17.9 Å². The first-order chi connectivity index (χ1) is 7.84. The van der Waals surface area contributed by atoms with Gasteiger partial charge >= 0.3 is 12.0 Å². The molecule has 6 heteroatoms. The predicted molar refractivity (Wildman–Crippen MR) is 57.9 cm³/mol. The van der Waals surface area contributed by atoms with Gasteiger partial charge in [0.2, 0.25) is 0 Å². The molecule has 0 radical (unpaired) electrons. The van der Waals surface area contributed by atoms with Crippen molar-refractivity contribution in [3.63, 3.8) is 0 Å². The minimum Gasteiger partial charge on any atom is -0.469 e. The largest absolute Gasteiger partial charge is 0.469 e. The molecule has 3 atom stereocenters. The molecule has 1 spiro atoms. The maximum absolute atomic E-state index is 11.9. The van der Waals surface area contributed by atoms with E-state index >= 15 is 0 Å². The van der Waals surface area contributed by atoms with Gasteiger partial charge in [-0.2, -0.15) is 0 Å². The first-order valence-corrected chi connectivity index (χ1v) is 5.56. The number of urea groups is 1. The van der Waals surface area contributed by atoms with Crippen LogP contribution in [0.1, 0.15) is 26.7 Å². The Morgan fingerprint density at radius 2 is 2.12 bits per heavy atom. The topological polar surface area (TPSA) is 84.5 Å². The third-order valence-electron chi connectivity index (χ3n) is 3.91. The number of methoxy groups -OCH3 is 1. The molecule has 0 aromatic rings. The van der Waals surface area contributed by atoms with Crippen LogP contribution in [0.25, 0.3) is 0 Å². The molecule has 1 saturated heterocycles. The maximum Gasteiger partial charge on any atom is 0.322 e. The van der Waals surface area contributed by atoms with Crippen molar-refractivity contribution < 1.29 is 19.1 Å². The quantitative estimate of drug-likeness (QED) is 0.505. The van der Waals surface area contributed by atoms with Crippen LogP contribution in [0.4, 0.5) is 4.79 Å². The Morgan fingerprint density at radius 1 is 1.47 bits per heavy atom. The molecule has 1 heterocycles. The molecule has 2 fully saturated rings. The van der Waals surface area contributed by atoms with Gasteiger partial charge in [0.25, 0.3) is 5.91 Å². The molecule has 2 aliphatic rings. The number of rotatable bonds is 1. The van der Waals surface area contributed by atoms with Crippen LogP contribution in [-0.4, -0.2) is 30.6 Å². The smallest absolute Gasteiger partial charge is 0.322 e. The number of carbonyl (C=O) groups excluding carboxylic acids is 3. The Balaban J connectivity index is 2.32. The van der Waals surface area contributed by atoms with Crippen LogP contribution >= 0.6 is 0 Å². The standard InChI is InChI=1S/C11H16N2O4/c1-6-4-10(2,8(15)17-3)5-11(6)7(14)12-9(16)13-11/h6H,4-5H2,1-3H3,(H2,12,13,14,16)/t6-,10+,11-/m0/s1. The molecule has 1 aliphatic heterocycles. The van der Waals surface area contributed by atoms with Gasteiger partial charge in [-0.25, -0.2) is 4.79 Å². The minimum absolute atomic E-state index is 0.0990. The average molecular weight is 240 g/mol. The van der Waals surface area contributed by atoms with Gasteiger partial charge in [-0.15, -0.1) is 0 Å². The van der Waals surface area contributed by atoms with E-state index in [0.29, 0.717) is 6.42 Å². The number of esters is 1. The van der Waals surface area contributed by atoms with E-state index in [4.69, 9.17) is 4.74 Å². The molecular formula is C11H16N2O4. The van der Waals surface area contributed by atoms with Crippen molar-refractivity contribution in [2.75, 3.05) is 7.11 Å². The number of amides is 3. The first-order valence-electron chi connectivity index (χ1n) is 5.56. The third kappa shape index (κ3) is 1.50. The van der Waals surface area contributed by atoms with Crippen LogP contribution in [0.2, 0.25) is 0 Å². The van der Waals surface area contributed by atoms with Crippen molar-refractivity contribution in [1.82, 2.24) is 10.6 Å². The molecule has 0 bridgehead atoms. The fourth-order valence-electron chi connectivity index (χ4n) is 3.09. The number of carbonyl (C=O) groups is 3. The molecule has 0 unspecified atom stereocenters. The summed E-state index contributed by atoms with van der Waals surface area (Å²) >= 11 is 0. The van der Waals surface area contributed by atoms with Gasteiger partial charge in [0.05, 0.1) is 12.5 Å². The highest BCUT2D eigenvalue weighted by Crippen LogP contribution is 2.49. The lowest BCUT2D eigenvalue weighted by atomic mass is 9.85. The second-order valence-electron chi connectivity index (χ2n) is 5.21. The van der Waals surface area contributed by atoms with E-state index < -0.39 is 17.0 Å². The Bertz CT molecular complexity index is 408. The maximum atomic E-state index is 11.9. The summed E-state index contributed by atoms with van der Waals surface area (Å²) in [4.78, 5) is 34.9. The van der Waals surface area contributed by atoms with E-state index in [-0.39, 0.29) is 24.2 Å². The lowest BCUT2D eigenvalue weighted by Gasteiger charge is -2.26. The second kappa shape index (κ2) is 3.45. The second-order valence-corrected chi connectivity index (χ2v) is 5.21. The zero-order chi connectivity index (χ0) is 12.8. The highest BCUT2D eigenvalue weighted by atomic mass is 16.5. The molecular weight excluding hydrogens is 224 g/mol. The van der Waals surface area contributed by atoms with Crippen LogP contribution in [-0.2, 0) is 14.3 Å². The number of hydrogen-bond donors (Lipinski definition) is 2. The normalized spacial score (nSPS) is 40.3. The Labute approximate surface area is 99.1 Å². The van der Waals surface area contributed by atoms with E-state index in [1.165, 1.54) is 7.11 Å². The van der Waals surface area contributed by atoms with Gasteiger partial charge in [-0.05, 0) is 25.7 Å². The van der Waals surface area contributed by atoms with Crippen molar-refractivity contribution in [1.29, 1.82) is 0 Å². The summed E-state index contributed by atoms with van der Waals surface area (Å²) in [7, 11) is 1.33. The average Bonchev–Trinajstić information content (AvgIpc) is 2.66. The minimum atomic E-state index is -0.958. The van der Waals surface area contributed by atoms with Crippen molar-refractivity contribution in [3.05, 3.63) is 0 Å². The van der Waals surface area contributed by atoms with Crippen LogP contribution in [0.5, 0.6) is 0 Å². The van der Waals surface area contributed by atoms with E-state index in [2.05, 4.69) is 10.6 Å². The van der Waals surface area contributed by atoms with E-state index in [0.717, 1.165) is 0 Å². The molecule has 1 aliphatic carbocycles. The summed E-state index contributed by atoms with van der Waals surface area (Å²) in [6.07, 6.45) is 0.804. The molecule has 1 saturated carbocycles. The van der Waals surface area contributed by atoms with Crippen molar-refractivity contribution in [3.8, 4) is 0 Å². The Hall–Kier alpha value is -1.59.